The average Bonchev–Trinajstić information content (AvgIpc) is 2.63. The van der Waals surface area contributed by atoms with Crippen molar-refractivity contribution in [1.29, 1.82) is 0 Å². The fourth-order valence-electron chi connectivity index (χ4n) is 3.02. The van der Waals surface area contributed by atoms with Crippen molar-refractivity contribution in [2.45, 2.75) is 38.5 Å². The summed E-state index contributed by atoms with van der Waals surface area (Å²) in [4.78, 5) is 11.7. The zero-order chi connectivity index (χ0) is 23.6. The molecule has 0 aromatic heterocycles. The van der Waals surface area contributed by atoms with Crippen molar-refractivity contribution in [2.75, 3.05) is 6.61 Å². The molecule has 1 atom stereocenters. The number of carbonyl (C=O) groups is 1. The SMILES string of the molecule is CC(C)C[C@H](C(=O)O)c1cc(Cl)c(OCC(F)(F)F)c(-c2ccc(C(F)(F)F)cc2)c1. The molecule has 10 heteroatoms. The smallest absolute Gasteiger partial charge is 0.422 e. The van der Waals surface area contributed by atoms with Crippen LogP contribution in [0.4, 0.5) is 26.3 Å². The zero-order valence-electron chi connectivity index (χ0n) is 16.4. The van der Waals surface area contributed by atoms with Crippen LogP contribution in [-0.4, -0.2) is 23.9 Å². The van der Waals surface area contributed by atoms with Crippen LogP contribution in [0.15, 0.2) is 36.4 Å². The van der Waals surface area contributed by atoms with Gasteiger partial charge in [0.15, 0.2) is 6.61 Å². The van der Waals surface area contributed by atoms with Gasteiger partial charge >= 0.3 is 18.3 Å². The maximum atomic E-state index is 12.9. The van der Waals surface area contributed by atoms with Gasteiger partial charge < -0.3 is 9.84 Å². The molecule has 0 heterocycles. The van der Waals surface area contributed by atoms with E-state index in [-0.39, 0.29) is 34.1 Å². The van der Waals surface area contributed by atoms with Gasteiger partial charge in [0.25, 0.3) is 0 Å². The fraction of sp³-hybridized carbons (Fsp3) is 0.381. The van der Waals surface area contributed by atoms with Gasteiger partial charge in [0.2, 0.25) is 0 Å². The van der Waals surface area contributed by atoms with Gasteiger partial charge in [-0.25, -0.2) is 0 Å². The summed E-state index contributed by atoms with van der Waals surface area (Å²) in [7, 11) is 0. The number of benzene rings is 2. The lowest BCUT2D eigenvalue weighted by molar-refractivity contribution is -0.153. The van der Waals surface area contributed by atoms with Gasteiger partial charge in [0, 0.05) is 5.56 Å². The summed E-state index contributed by atoms with van der Waals surface area (Å²) in [6, 6.07) is 6.18. The third kappa shape index (κ3) is 6.78. The maximum absolute atomic E-state index is 12.9. The highest BCUT2D eigenvalue weighted by atomic mass is 35.5. The van der Waals surface area contributed by atoms with E-state index in [1.165, 1.54) is 12.1 Å². The van der Waals surface area contributed by atoms with Gasteiger partial charge in [0.05, 0.1) is 16.5 Å². The lowest BCUT2D eigenvalue weighted by atomic mass is 9.88. The molecule has 0 aliphatic rings. The first-order valence-electron chi connectivity index (χ1n) is 9.12. The van der Waals surface area contributed by atoms with E-state index in [9.17, 15) is 36.2 Å². The van der Waals surface area contributed by atoms with Crippen molar-refractivity contribution >= 4 is 17.6 Å². The minimum Gasteiger partial charge on any atom is -0.482 e. The second-order valence-electron chi connectivity index (χ2n) is 7.38. The maximum Gasteiger partial charge on any atom is 0.422 e. The molecule has 31 heavy (non-hydrogen) atoms. The number of ether oxygens (including phenoxy) is 1. The van der Waals surface area contributed by atoms with Crippen LogP contribution in [0.1, 0.15) is 37.3 Å². The fourth-order valence-corrected chi connectivity index (χ4v) is 3.30. The summed E-state index contributed by atoms with van der Waals surface area (Å²) in [5, 5.41) is 9.31. The third-order valence-corrected chi connectivity index (χ3v) is 4.66. The lowest BCUT2D eigenvalue weighted by Crippen LogP contribution is -2.20. The van der Waals surface area contributed by atoms with Crippen molar-refractivity contribution in [3.05, 3.63) is 52.5 Å². The molecule has 0 radical (unpaired) electrons. The predicted molar refractivity (Wildman–Crippen MR) is 103 cm³/mol. The Morgan fingerprint density at radius 1 is 1.06 bits per heavy atom. The largest absolute Gasteiger partial charge is 0.482 e. The number of hydrogen-bond acceptors (Lipinski definition) is 2. The Balaban J connectivity index is 2.62. The quantitative estimate of drug-likeness (QED) is 0.438. The molecule has 0 amide bonds. The van der Waals surface area contributed by atoms with Crippen LogP contribution in [0.3, 0.4) is 0 Å². The van der Waals surface area contributed by atoms with E-state index in [1.807, 2.05) is 0 Å². The number of hydrogen-bond donors (Lipinski definition) is 1. The van der Waals surface area contributed by atoms with Gasteiger partial charge in [-0.15, -0.1) is 0 Å². The molecule has 2 aromatic carbocycles. The minimum absolute atomic E-state index is 0.0180. The monoisotopic (exact) mass is 468 g/mol. The Hall–Kier alpha value is -2.42. The standard InChI is InChI=1S/C21H19ClF6O3/c1-11(2)7-16(19(29)30)13-8-15(12-3-5-14(6-4-12)21(26,27)28)18(17(22)9-13)31-10-20(23,24)25/h3-6,8-9,11,16H,7,10H2,1-2H3,(H,29,30)/t16-/m0/s1. The molecule has 1 N–H and O–H groups in total. The Morgan fingerprint density at radius 2 is 1.65 bits per heavy atom. The van der Waals surface area contributed by atoms with Crippen molar-refractivity contribution < 1.29 is 41.0 Å². The number of carboxylic acids is 1. The molecule has 0 saturated heterocycles. The predicted octanol–water partition coefficient (Wildman–Crippen LogP) is 7.18. The molecule has 0 fully saturated rings. The summed E-state index contributed by atoms with van der Waals surface area (Å²) in [5.41, 5.74) is -0.668. The molecule has 2 rings (SSSR count). The van der Waals surface area contributed by atoms with Crippen molar-refractivity contribution in [3.8, 4) is 16.9 Å². The second-order valence-corrected chi connectivity index (χ2v) is 7.79. The Labute approximate surface area is 179 Å². The normalized spacial score (nSPS) is 13.4. The van der Waals surface area contributed by atoms with Crippen LogP contribution < -0.4 is 4.74 Å². The molecular formula is C21H19ClF6O3. The van der Waals surface area contributed by atoms with Crippen LogP contribution in [0.25, 0.3) is 11.1 Å². The highest BCUT2D eigenvalue weighted by molar-refractivity contribution is 6.32. The van der Waals surface area contributed by atoms with Gasteiger partial charge in [0.1, 0.15) is 5.75 Å². The molecule has 2 aromatic rings. The van der Waals surface area contributed by atoms with Gasteiger partial charge in [-0.2, -0.15) is 26.3 Å². The molecule has 170 valence electrons. The molecule has 0 aliphatic heterocycles. The summed E-state index contributed by atoms with van der Waals surface area (Å²) < 4.78 is 81.5. The highest BCUT2D eigenvalue weighted by Crippen LogP contribution is 2.42. The molecular weight excluding hydrogens is 450 g/mol. The van der Waals surface area contributed by atoms with Crippen molar-refractivity contribution in [1.82, 2.24) is 0 Å². The van der Waals surface area contributed by atoms with Crippen LogP contribution >= 0.6 is 11.6 Å². The number of carboxylic acid groups (broad SMARTS) is 1. The number of halogens is 7. The Bertz CT molecular complexity index is 920. The molecule has 0 spiro atoms. The van der Waals surface area contributed by atoms with E-state index in [0.717, 1.165) is 24.3 Å². The molecule has 0 aliphatic carbocycles. The number of alkyl halides is 6. The van der Waals surface area contributed by atoms with E-state index in [1.54, 1.807) is 13.8 Å². The first kappa shape index (κ1) is 24.8. The second kappa shape index (κ2) is 9.38. The van der Waals surface area contributed by atoms with E-state index >= 15 is 0 Å². The first-order valence-corrected chi connectivity index (χ1v) is 9.50. The molecule has 0 saturated carbocycles. The van der Waals surface area contributed by atoms with Crippen LogP contribution in [-0.2, 0) is 11.0 Å². The van der Waals surface area contributed by atoms with Crippen molar-refractivity contribution in [2.24, 2.45) is 5.92 Å². The zero-order valence-corrected chi connectivity index (χ0v) is 17.2. The van der Waals surface area contributed by atoms with E-state index in [0.29, 0.717) is 0 Å². The average molecular weight is 469 g/mol. The summed E-state index contributed by atoms with van der Waals surface area (Å²) in [5.74, 6) is -2.58. The first-order chi connectivity index (χ1) is 14.2. The van der Waals surface area contributed by atoms with Crippen LogP contribution in [0, 0.1) is 5.92 Å². The third-order valence-electron chi connectivity index (χ3n) is 4.38. The Kier molecular flexibility index (Phi) is 7.52. The number of aliphatic carboxylic acids is 1. The summed E-state index contributed by atoms with van der Waals surface area (Å²) >= 11 is 6.14. The molecule has 3 nitrogen and oxygen atoms in total. The Morgan fingerprint density at radius 3 is 2.10 bits per heavy atom. The topological polar surface area (TPSA) is 46.5 Å². The highest BCUT2D eigenvalue weighted by Gasteiger charge is 2.32. The van der Waals surface area contributed by atoms with Gasteiger partial charge in [-0.05, 0) is 47.7 Å². The van der Waals surface area contributed by atoms with E-state index in [4.69, 9.17) is 16.3 Å². The lowest BCUT2D eigenvalue weighted by Gasteiger charge is -2.20. The number of rotatable bonds is 7. The van der Waals surface area contributed by atoms with Gasteiger partial charge in [-0.3, -0.25) is 4.79 Å². The molecule has 0 bridgehead atoms. The van der Waals surface area contributed by atoms with Crippen LogP contribution in [0.2, 0.25) is 5.02 Å². The van der Waals surface area contributed by atoms with Gasteiger partial charge in [-0.1, -0.05) is 37.6 Å². The van der Waals surface area contributed by atoms with Crippen molar-refractivity contribution in [3.63, 3.8) is 0 Å². The van der Waals surface area contributed by atoms with E-state index < -0.39 is 42.2 Å². The van der Waals surface area contributed by atoms with Crippen LogP contribution in [0.5, 0.6) is 5.75 Å². The molecule has 0 unspecified atom stereocenters. The minimum atomic E-state index is -4.68. The van der Waals surface area contributed by atoms with E-state index in [2.05, 4.69) is 0 Å². The summed E-state index contributed by atoms with van der Waals surface area (Å²) in [6.07, 6.45) is -9.05. The summed E-state index contributed by atoms with van der Waals surface area (Å²) in [6.45, 7) is 1.93.